The van der Waals surface area contributed by atoms with E-state index in [0.717, 1.165) is 11.3 Å². The molecule has 2 N–H and O–H groups in total. The molecule has 0 spiro atoms. The van der Waals surface area contributed by atoms with Crippen LogP contribution in [-0.4, -0.2) is 27.0 Å². The highest BCUT2D eigenvalue weighted by Gasteiger charge is 2.15. The SMILES string of the molecule is COc1ccc(-c2noc(-c3cnn(C)c3N)n2)cc1. The Bertz CT molecular complexity index is 730. The minimum Gasteiger partial charge on any atom is -0.497 e. The lowest BCUT2D eigenvalue weighted by molar-refractivity contribution is 0.415. The fourth-order valence-corrected chi connectivity index (χ4v) is 1.80. The van der Waals surface area contributed by atoms with Crippen LogP contribution in [0.2, 0.25) is 0 Å². The van der Waals surface area contributed by atoms with E-state index in [0.29, 0.717) is 23.1 Å². The van der Waals surface area contributed by atoms with Crippen molar-refractivity contribution < 1.29 is 9.26 Å². The van der Waals surface area contributed by atoms with Gasteiger partial charge in [0.2, 0.25) is 5.82 Å². The Hall–Kier alpha value is -2.83. The molecule has 0 aliphatic carbocycles. The number of methoxy groups -OCH3 is 1. The summed E-state index contributed by atoms with van der Waals surface area (Å²) in [5.74, 6) is 2.09. The Morgan fingerprint density at radius 2 is 2.00 bits per heavy atom. The molecular weight excluding hydrogens is 258 g/mol. The molecule has 0 atom stereocenters. The Balaban J connectivity index is 1.95. The maximum atomic E-state index is 5.88. The third-order valence-electron chi connectivity index (χ3n) is 2.99. The predicted octanol–water partition coefficient (Wildman–Crippen LogP) is 1.73. The van der Waals surface area contributed by atoms with E-state index in [-0.39, 0.29) is 0 Å². The smallest absolute Gasteiger partial charge is 0.263 e. The van der Waals surface area contributed by atoms with Crippen LogP contribution in [0.15, 0.2) is 35.0 Å². The summed E-state index contributed by atoms with van der Waals surface area (Å²) < 4.78 is 11.9. The standard InChI is InChI=1S/C13H13N5O2/c1-18-11(14)10(7-15-18)13-16-12(17-20-13)8-3-5-9(19-2)6-4-8/h3-7H,14H2,1-2H3. The lowest BCUT2D eigenvalue weighted by Crippen LogP contribution is -1.98. The maximum absolute atomic E-state index is 5.88. The molecule has 1 aromatic carbocycles. The number of rotatable bonds is 3. The highest BCUT2D eigenvalue weighted by Crippen LogP contribution is 2.26. The molecule has 0 aliphatic heterocycles. The second-order valence-corrected chi connectivity index (χ2v) is 4.22. The van der Waals surface area contributed by atoms with Gasteiger partial charge in [-0.3, -0.25) is 4.68 Å². The molecule has 0 amide bonds. The van der Waals surface area contributed by atoms with Crippen LogP contribution in [0.25, 0.3) is 22.8 Å². The molecule has 3 aromatic rings. The molecule has 2 aromatic heterocycles. The van der Waals surface area contributed by atoms with Crippen molar-refractivity contribution in [2.75, 3.05) is 12.8 Å². The number of nitrogen functional groups attached to an aromatic ring is 1. The van der Waals surface area contributed by atoms with Gasteiger partial charge in [-0.2, -0.15) is 10.1 Å². The summed E-state index contributed by atoms with van der Waals surface area (Å²) in [4.78, 5) is 4.33. The fraction of sp³-hybridized carbons (Fsp3) is 0.154. The first-order chi connectivity index (χ1) is 9.69. The molecule has 0 fully saturated rings. The van der Waals surface area contributed by atoms with Gasteiger partial charge in [-0.05, 0) is 24.3 Å². The van der Waals surface area contributed by atoms with Crippen LogP contribution in [0.5, 0.6) is 5.75 Å². The van der Waals surface area contributed by atoms with E-state index < -0.39 is 0 Å². The van der Waals surface area contributed by atoms with Gasteiger partial charge in [-0.25, -0.2) is 0 Å². The summed E-state index contributed by atoms with van der Waals surface area (Å²) in [7, 11) is 3.37. The van der Waals surface area contributed by atoms with Crippen LogP contribution in [0.1, 0.15) is 0 Å². The average molecular weight is 271 g/mol. The number of aromatic nitrogens is 4. The van der Waals surface area contributed by atoms with Crippen LogP contribution in [0.4, 0.5) is 5.82 Å². The summed E-state index contributed by atoms with van der Waals surface area (Å²) in [6.07, 6.45) is 1.60. The van der Waals surface area contributed by atoms with Gasteiger partial charge in [0.15, 0.2) is 0 Å². The lowest BCUT2D eigenvalue weighted by Gasteiger charge is -1.98. The lowest BCUT2D eigenvalue weighted by atomic mass is 10.2. The molecule has 20 heavy (non-hydrogen) atoms. The van der Waals surface area contributed by atoms with Crippen molar-refractivity contribution in [2.24, 2.45) is 7.05 Å². The first kappa shape index (κ1) is 12.2. The first-order valence-electron chi connectivity index (χ1n) is 5.95. The number of hydrogen-bond donors (Lipinski definition) is 1. The van der Waals surface area contributed by atoms with Crippen LogP contribution < -0.4 is 10.5 Å². The van der Waals surface area contributed by atoms with Gasteiger partial charge < -0.3 is 15.0 Å². The van der Waals surface area contributed by atoms with Crippen molar-refractivity contribution in [2.45, 2.75) is 0 Å². The molecule has 0 saturated heterocycles. The monoisotopic (exact) mass is 271 g/mol. The van der Waals surface area contributed by atoms with Crippen molar-refractivity contribution in [3.8, 4) is 28.6 Å². The Morgan fingerprint density at radius 1 is 1.25 bits per heavy atom. The quantitative estimate of drug-likeness (QED) is 0.779. The van der Waals surface area contributed by atoms with Crippen LogP contribution in [0.3, 0.4) is 0 Å². The summed E-state index contributed by atoms with van der Waals surface area (Å²) in [5, 5.41) is 7.99. The molecular formula is C13H13N5O2. The molecule has 0 aliphatic rings. The van der Waals surface area contributed by atoms with E-state index in [2.05, 4.69) is 15.2 Å². The third-order valence-corrected chi connectivity index (χ3v) is 2.99. The second-order valence-electron chi connectivity index (χ2n) is 4.22. The molecule has 0 radical (unpaired) electrons. The van der Waals surface area contributed by atoms with Crippen LogP contribution in [0, 0.1) is 0 Å². The molecule has 2 heterocycles. The zero-order chi connectivity index (χ0) is 14.1. The number of aryl methyl sites for hydroxylation is 1. The topological polar surface area (TPSA) is 92.0 Å². The van der Waals surface area contributed by atoms with Crippen molar-refractivity contribution >= 4 is 5.82 Å². The number of nitrogens with zero attached hydrogens (tertiary/aromatic N) is 4. The molecule has 7 nitrogen and oxygen atoms in total. The highest BCUT2D eigenvalue weighted by atomic mass is 16.5. The number of nitrogens with two attached hydrogens (primary N) is 1. The largest absolute Gasteiger partial charge is 0.497 e. The van der Waals surface area contributed by atoms with Crippen molar-refractivity contribution in [1.29, 1.82) is 0 Å². The Morgan fingerprint density at radius 3 is 2.60 bits per heavy atom. The summed E-state index contributed by atoms with van der Waals surface area (Å²) in [6, 6.07) is 7.40. The van der Waals surface area contributed by atoms with Gasteiger partial charge in [-0.1, -0.05) is 5.16 Å². The molecule has 0 bridgehead atoms. The van der Waals surface area contributed by atoms with Crippen molar-refractivity contribution in [3.63, 3.8) is 0 Å². The number of benzene rings is 1. The number of anilines is 1. The fourth-order valence-electron chi connectivity index (χ4n) is 1.80. The Kier molecular flexibility index (Phi) is 2.86. The van der Waals surface area contributed by atoms with Crippen molar-refractivity contribution in [1.82, 2.24) is 19.9 Å². The van der Waals surface area contributed by atoms with E-state index in [1.165, 1.54) is 0 Å². The van der Waals surface area contributed by atoms with E-state index in [1.807, 2.05) is 24.3 Å². The summed E-state index contributed by atoms with van der Waals surface area (Å²) in [6.45, 7) is 0. The second kappa shape index (κ2) is 4.69. The minimum absolute atomic E-state index is 0.349. The third kappa shape index (κ3) is 1.99. The molecule has 3 rings (SSSR count). The molecule has 7 heteroatoms. The van der Waals surface area contributed by atoms with Gasteiger partial charge >= 0.3 is 0 Å². The normalized spacial score (nSPS) is 10.7. The summed E-state index contributed by atoms with van der Waals surface area (Å²) >= 11 is 0. The van der Waals surface area contributed by atoms with Crippen LogP contribution in [-0.2, 0) is 7.05 Å². The van der Waals surface area contributed by atoms with Gasteiger partial charge in [0.25, 0.3) is 5.89 Å². The molecule has 0 unspecified atom stereocenters. The van der Waals surface area contributed by atoms with E-state index >= 15 is 0 Å². The number of hydrogen-bond acceptors (Lipinski definition) is 6. The van der Waals surface area contributed by atoms with E-state index in [9.17, 15) is 0 Å². The summed E-state index contributed by atoms with van der Waals surface area (Å²) in [5.41, 5.74) is 7.34. The zero-order valence-electron chi connectivity index (χ0n) is 11.1. The van der Waals surface area contributed by atoms with E-state index in [1.54, 1.807) is 25.0 Å². The average Bonchev–Trinajstić information content (AvgIpc) is 3.08. The Labute approximate surface area is 115 Å². The van der Waals surface area contributed by atoms with Gasteiger partial charge in [0.05, 0.1) is 13.3 Å². The van der Waals surface area contributed by atoms with E-state index in [4.69, 9.17) is 15.0 Å². The van der Waals surface area contributed by atoms with Gasteiger partial charge in [-0.15, -0.1) is 0 Å². The highest BCUT2D eigenvalue weighted by molar-refractivity contribution is 5.68. The van der Waals surface area contributed by atoms with Crippen LogP contribution >= 0.6 is 0 Å². The van der Waals surface area contributed by atoms with Gasteiger partial charge in [0.1, 0.15) is 17.1 Å². The van der Waals surface area contributed by atoms with Crippen molar-refractivity contribution in [3.05, 3.63) is 30.5 Å². The predicted molar refractivity (Wildman–Crippen MR) is 72.9 cm³/mol. The maximum Gasteiger partial charge on any atom is 0.263 e. The molecule has 0 saturated carbocycles. The van der Waals surface area contributed by atoms with Gasteiger partial charge in [0, 0.05) is 12.6 Å². The number of ether oxygens (including phenoxy) is 1. The first-order valence-corrected chi connectivity index (χ1v) is 5.95. The molecule has 102 valence electrons. The minimum atomic E-state index is 0.349. The zero-order valence-corrected chi connectivity index (χ0v) is 11.1.